The molecule has 0 amide bonds. The number of aryl methyl sites for hydroxylation is 1. The minimum absolute atomic E-state index is 0.0340. The Balaban J connectivity index is 1.99. The lowest BCUT2D eigenvalue weighted by molar-refractivity contribution is 0.0890. The zero-order valence-corrected chi connectivity index (χ0v) is 18.8. The van der Waals surface area contributed by atoms with Crippen LogP contribution in [0.5, 0.6) is 5.88 Å². The van der Waals surface area contributed by atoms with E-state index in [9.17, 15) is 14.4 Å². The van der Waals surface area contributed by atoms with Crippen molar-refractivity contribution in [1.29, 1.82) is 5.26 Å². The predicted octanol–water partition coefficient (Wildman–Crippen LogP) is 2.53. The molecule has 2 aromatic heterocycles. The van der Waals surface area contributed by atoms with E-state index < -0.39 is 17.8 Å². The quantitative estimate of drug-likeness (QED) is 0.633. The highest BCUT2D eigenvalue weighted by molar-refractivity contribution is 5.99. The number of aromatic nitrogens is 4. The molecule has 1 aliphatic heterocycles. The van der Waals surface area contributed by atoms with Crippen LogP contribution in [0.1, 0.15) is 40.3 Å². The fraction of sp³-hybridized carbons (Fsp3) is 0.348. The van der Waals surface area contributed by atoms with Gasteiger partial charge in [0.05, 0.1) is 23.1 Å². The van der Waals surface area contributed by atoms with E-state index in [1.807, 2.05) is 19.0 Å². The van der Waals surface area contributed by atoms with E-state index >= 15 is 0 Å². The number of nitrogens with zero attached hydrogens (tertiary/aromatic N) is 6. The molecule has 1 aromatic carbocycles. The maximum atomic E-state index is 14.2. The molecule has 0 fully saturated rings. The second kappa shape index (κ2) is 8.60. The zero-order chi connectivity index (χ0) is 23.9. The fourth-order valence-electron chi connectivity index (χ4n) is 4.17. The summed E-state index contributed by atoms with van der Waals surface area (Å²) in [6.07, 6.45) is 0.987. The molecule has 3 aromatic rings. The van der Waals surface area contributed by atoms with E-state index in [2.05, 4.69) is 21.1 Å². The molecule has 1 aliphatic rings. The van der Waals surface area contributed by atoms with Crippen LogP contribution in [0.15, 0.2) is 24.4 Å². The number of hydrogen-bond donors (Lipinski definition) is 1. The molecule has 1 unspecified atom stereocenters. The molecule has 2 bridgehead atoms. The van der Waals surface area contributed by atoms with Crippen molar-refractivity contribution in [3.05, 3.63) is 52.7 Å². The Kier molecular flexibility index (Phi) is 5.82. The van der Waals surface area contributed by atoms with Crippen molar-refractivity contribution in [3.63, 3.8) is 0 Å². The highest BCUT2D eigenvalue weighted by Gasteiger charge is 2.31. The van der Waals surface area contributed by atoms with Crippen LogP contribution >= 0.6 is 0 Å². The van der Waals surface area contributed by atoms with Crippen molar-refractivity contribution in [2.75, 3.05) is 26.4 Å². The van der Waals surface area contributed by atoms with E-state index in [0.717, 1.165) is 0 Å². The number of fused-ring (bicyclic) bond motifs is 5. The van der Waals surface area contributed by atoms with Crippen LogP contribution in [0.3, 0.4) is 0 Å². The van der Waals surface area contributed by atoms with Gasteiger partial charge in [-0.05, 0) is 39.2 Å². The van der Waals surface area contributed by atoms with E-state index in [-0.39, 0.29) is 23.9 Å². The van der Waals surface area contributed by atoms with Crippen molar-refractivity contribution in [1.82, 2.24) is 24.6 Å². The van der Waals surface area contributed by atoms with E-state index in [0.29, 0.717) is 40.3 Å². The van der Waals surface area contributed by atoms with Crippen LogP contribution in [-0.4, -0.2) is 51.1 Å². The molecule has 0 spiro atoms. The fourth-order valence-corrected chi connectivity index (χ4v) is 4.17. The molecule has 0 saturated carbocycles. The summed E-state index contributed by atoms with van der Waals surface area (Å²) in [6, 6.07) is 6.20. The normalized spacial score (nSPS) is 17.9. The Morgan fingerprint density at radius 3 is 2.85 bits per heavy atom. The van der Waals surface area contributed by atoms with Crippen LogP contribution in [0, 0.1) is 23.1 Å². The molecule has 170 valence electrons. The summed E-state index contributed by atoms with van der Waals surface area (Å²) in [5, 5.41) is 14.3. The molecule has 2 atom stereocenters. The van der Waals surface area contributed by atoms with Crippen LogP contribution in [-0.2, 0) is 13.5 Å². The van der Waals surface area contributed by atoms with Crippen LogP contribution < -0.4 is 10.5 Å². The summed E-state index contributed by atoms with van der Waals surface area (Å²) in [5.41, 5.74) is 8.43. The largest absolute Gasteiger partial charge is 0.467 e. The van der Waals surface area contributed by atoms with Crippen LogP contribution in [0.25, 0.3) is 11.3 Å². The minimum atomic E-state index is -0.727. The number of benzene rings is 1. The molecule has 0 aliphatic carbocycles. The van der Waals surface area contributed by atoms with Gasteiger partial charge in [-0.2, -0.15) is 10.4 Å². The molecule has 33 heavy (non-hydrogen) atoms. The number of rotatable bonds is 2. The summed E-state index contributed by atoms with van der Waals surface area (Å²) in [7, 11) is 5.41. The molecule has 0 radical (unpaired) electrons. The number of ether oxygens (including phenoxy) is 1. The van der Waals surface area contributed by atoms with Gasteiger partial charge in [-0.1, -0.05) is 0 Å². The minimum Gasteiger partial charge on any atom is -0.467 e. The van der Waals surface area contributed by atoms with E-state index in [1.165, 1.54) is 29.1 Å². The second-order valence-corrected chi connectivity index (χ2v) is 8.37. The SMILES string of the molecule is C[C@H]1Oc2nc(cnc2N)-c2c(nn(C)c2C#N)CC(CN(C)C)C(=O)c2ccc(F)cc21. The third-order valence-electron chi connectivity index (χ3n) is 5.65. The van der Waals surface area contributed by atoms with Crippen LogP contribution in [0.4, 0.5) is 10.2 Å². The van der Waals surface area contributed by atoms with Gasteiger partial charge in [0.2, 0.25) is 0 Å². The average molecular weight is 449 g/mol. The molecular weight excluding hydrogens is 425 g/mol. The summed E-state index contributed by atoms with van der Waals surface area (Å²) < 4.78 is 21.6. The predicted molar refractivity (Wildman–Crippen MR) is 119 cm³/mol. The smallest absolute Gasteiger partial charge is 0.258 e. The van der Waals surface area contributed by atoms with Crippen molar-refractivity contribution in [2.45, 2.75) is 19.4 Å². The van der Waals surface area contributed by atoms with E-state index in [1.54, 1.807) is 14.0 Å². The standard InChI is InChI=1S/C23H24FN7O2/c1-12-16-8-14(24)5-6-15(16)21(32)13(11-30(2)3)7-17-20(19(9-25)31(4)29-17)18-10-27-22(26)23(28-18)33-12/h5-6,8,10,12-13H,7,11H2,1-4H3,(H2,26,27)/t12-,13?/m1/s1. The summed E-state index contributed by atoms with van der Waals surface area (Å²) in [5.74, 6) is -1.07. The molecule has 10 heteroatoms. The number of ketones is 1. The Hall–Kier alpha value is -3.84. The highest BCUT2D eigenvalue weighted by atomic mass is 19.1. The number of Topliss-reactive ketones (excluding diaryl/α,β-unsaturated/α-hetero) is 1. The Morgan fingerprint density at radius 2 is 2.15 bits per heavy atom. The number of nitrogen functional groups attached to an aromatic ring is 1. The number of carbonyl (C=O) groups is 1. The monoisotopic (exact) mass is 449 g/mol. The topological polar surface area (TPSA) is 123 Å². The average Bonchev–Trinajstić information content (AvgIpc) is 3.08. The third-order valence-corrected chi connectivity index (χ3v) is 5.65. The zero-order valence-electron chi connectivity index (χ0n) is 18.8. The van der Waals surface area contributed by atoms with E-state index in [4.69, 9.17) is 10.5 Å². The lowest BCUT2D eigenvalue weighted by Gasteiger charge is -2.24. The van der Waals surface area contributed by atoms with Gasteiger partial charge in [0.25, 0.3) is 5.88 Å². The van der Waals surface area contributed by atoms with Gasteiger partial charge in [-0.3, -0.25) is 9.48 Å². The molecule has 0 saturated heterocycles. The van der Waals surface area contributed by atoms with Gasteiger partial charge < -0.3 is 15.4 Å². The first kappa shape index (κ1) is 22.4. The maximum absolute atomic E-state index is 14.2. The first-order valence-electron chi connectivity index (χ1n) is 10.4. The number of nitriles is 1. The number of anilines is 1. The molecule has 9 nitrogen and oxygen atoms in total. The number of nitrogens with two attached hydrogens (primary N) is 1. The Labute approximate surface area is 190 Å². The van der Waals surface area contributed by atoms with Crippen molar-refractivity contribution >= 4 is 11.6 Å². The molecular formula is C23H24FN7O2. The van der Waals surface area contributed by atoms with Crippen molar-refractivity contribution in [3.8, 4) is 23.2 Å². The first-order valence-corrected chi connectivity index (χ1v) is 10.4. The molecule has 2 N–H and O–H groups in total. The lowest BCUT2D eigenvalue weighted by atomic mass is 9.87. The van der Waals surface area contributed by atoms with Crippen molar-refractivity contribution < 1.29 is 13.9 Å². The van der Waals surface area contributed by atoms with Gasteiger partial charge in [-0.15, -0.1) is 0 Å². The first-order chi connectivity index (χ1) is 15.7. The van der Waals surface area contributed by atoms with Gasteiger partial charge >= 0.3 is 0 Å². The number of carbonyl (C=O) groups excluding carboxylic acids is 1. The molecule has 4 rings (SSSR count). The van der Waals surface area contributed by atoms with Crippen molar-refractivity contribution in [2.24, 2.45) is 13.0 Å². The van der Waals surface area contributed by atoms with Gasteiger partial charge in [0.1, 0.15) is 23.7 Å². The second-order valence-electron chi connectivity index (χ2n) is 8.37. The van der Waals surface area contributed by atoms with Gasteiger partial charge in [0.15, 0.2) is 11.6 Å². The number of hydrogen-bond acceptors (Lipinski definition) is 8. The molecule has 3 heterocycles. The Morgan fingerprint density at radius 1 is 1.39 bits per heavy atom. The number of halogens is 1. The summed E-state index contributed by atoms with van der Waals surface area (Å²) in [6.45, 7) is 2.13. The van der Waals surface area contributed by atoms with Crippen LogP contribution in [0.2, 0.25) is 0 Å². The third kappa shape index (κ3) is 4.15. The Bertz CT molecular complexity index is 1280. The maximum Gasteiger partial charge on any atom is 0.258 e. The summed E-state index contributed by atoms with van der Waals surface area (Å²) in [4.78, 5) is 24.4. The highest BCUT2D eigenvalue weighted by Crippen LogP contribution is 2.34. The lowest BCUT2D eigenvalue weighted by Crippen LogP contribution is -2.31. The van der Waals surface area contributed by atoms with Gasteiger partial charge in [-0.25, -0.2) is 14.4 Å². The van der Waals surface area contributed by atoms with Gasteiger partial charge in [0, 0.05) is 37.1 Å². The summed E-state index contributed by atoms with van der Waals surface area (Å²) >= 11 is 0.